The molecule has 0 atom stereocenters. The number of hydrogen-bond acceptors (Lipinski definition) is 5. The van der Waals surface area contributed by atoms with Crippen molar-refractivity contribution in [2.24, 2.45) is 0 Å². The van der Waals surface area contributed by atoms with E-state index in [0.717, 1.165) is 25.1 Å². The van der Waals surface area contributed by atoms with Crippen molar-refractivity contribution in [1.29, 1.82) is 0 Å². The van der Waals surface area contributed by atoms with Gasteiger partial charge in [0.1, 0.15) is 5.69 Å². The van der Waals surface area contributed by atoms with Crippen molar-refractivity contribution >= 4 is 17.6 Å². The molecule has 2 heterocycles. The molecule has 6 nitrogen and oxygen atoms in total. The summed E-state index contributed by atoms with van der Waals surface area (Å²) in [6.45, 7) is 2.34. The molecule has 0 fully saturated rings. The molecule has 0 saturated carbocycles. The molecule has 0 saturated heterocycles. The van der Waals surface area contributed by atoms with Gasteiger partial charge in [0.05, 0.1) is 12.7 Å². The summed E-state index contributed by atoms with van der Waals surface area (Å²) in [7, 11) is 1.29. The normalized spacial score (nSPS) is 12.4. The van der Waals surface area contributed by atoms with Crippen LogP contribution < -0.4 is 10.2 Å². The fraction of sp³-hybridized carbons (Fsp3) is 0.208. The van der Waals surface area contributed by atoms with E-state index in [1.165, 1.54) is 36.2 Å². The van der Waals surface area contributed by atoms with Crippen molar-refractivity contribution in [1.82, 2.24) is 10.3 Å². The second-order valence-electron chi connectivity index (χ2n) is 7.22. The minimum absolute atomic E-state index is 0.172. The number of carbonyl (C=O) groups excluding carboxylic acids is 2. The zero-order valence-corrected chi connectivity index (χ0v) is 16.8. The summed E-state index contributed by atoms with van der Waals surface area (Å²) in [6, 6.07) is 19.9. The predicted molar refractivity (Wildman–Crippen MR) is 114 cm³/mol. The highest BCUT2D eigenvalue weighted by molar-refractivity contribution is 5.95. The average molecular weight is 401 g/mol. The van der Waals surface area contributed by atoms with E-state index in [1.54, 1.807) is 6.07 Å². The van der Waals surface area contributed by atoms with Crippen LogP contribution in [0.2, 0.25) is 0 Å². The second-order valence-corrected chi connectivity index (χ2v) is 7.22. The van der Waals surface area contributed by atoms with Crippen LogP contribution in [0.1, 0.15) is 37.5 Å². The van der Waals surface area contributed by atoms with Crippen LogP contribution in [0.4, 0.5) is 5.69 Å². The van der Waals surface area contributed by atoms with Gasteiger partial charge in [0, 0.05) is 31.5 Å². The Morgan fingerprint density at radius 1 is 1.03 bits per heavy atom. The van der Waals surface area contributed by atoms with Gasteiger partial charge in [0.15, 0.2) is 0 Å². The third-order valence-electron chi connectivity index (χ3n) is 5.25. The summed E-state index contributed by atoms with van der Waals surface area (Å²) in [6.07, 6.45) is 2.47. The van der Waals surface area contributed by atoms with Crippen LogP contribution in [-0.2, 0) is 24.2 Å². The number of nitrogens with one attached hydrogen (secondary N) is 1. The molecule has 1 amide bonds. The molecule has 1 aromatic heterocycles. The van der Waals surface area contributed by atoms with Gasteiger partial charge in [-0.25, -0.2) is 9.78 Å². The number of carbonyl (C=O) groups is 2. The Morgan fingerprint density at radius 3 is 2.53 bits per heavy atom. The minimum atomic E-state index is -0.528. The summed E-state index contributed by atoms with van der Waals surface area (Å²) in [5.41, 5.74) is 5.56. The molecule has 152 valence electrons. The third kappa shape index (κ3) is 4.33. The summed E-state index contributed by atoms with van der Waals surface area (Å²) in [4.78, 5) is 30.1. The van der Waals surface area contributed by atoms with Crippen LogP contribution in [0.5, 0.6) is 0 Å². The van der Waals surface area contributed by atoms with Gasteiger partial charge < -0.3 is 15.0 Å². The Hall–Kier alpha value is -3.67. The number of methoxy groups -OCH3 is 1. The van der Waals surface area contributed by atoms with E-state index in [0.29, 0.717) is 12.1 Å². The predicted octanol–water partition coefficient (Wildman–Crippen LogP) is 3.36. The third-order valence-corrected chi connectivity index (χ3v) is 5.25. The van der Waals surface area contributed by atoms with E-state index < -0.39 is 5.97 Å². The number of ether oxygens (including phenoxy) is 1. The van der Waals surface area contributed by atoms with Gasteiger partial charge in [-0.05, 0) is 41.3 Å². The van der Waals surface area contributed by atoms with Crippen molar-refractivity contribution in [2.45, 2.75) is 19.5 Å². The smallest absolute Gasteiger partial charge is 0.356 e. The van der Waals surface area contributed by atoms with E-state index in [2.05, 4.69) is 56.3 Å². The highest BCUT2D eigenvalue weighted by atomic mass is 16.5. The van der Waals surface area contributed by atoms with Crippen LogP contribution in [0.3, 0.4) is 0 Å². The number of anilines is 1. The molecule has 3 aromatic rings. The fourth-order valence-corrected chi connectivity index (χ4v) is 3.59. The van der Waals surface area contributed by atoms with E-state index in [1.807, 2.05) is 12.1 Å². The summed E-state index contributed by atoms with van der Waals surface area (Å²) in [5.74, 6) is -0.767. The molecule has 0 aliphatic carbocycles. The first-order valence-corrected chi connectivity index (χ1v) is 9.87. The number of hydrogen-bond donors (Lipinski definition) is 1. The van der Waals surface area contributed by atoms with Crippen LogP contribution in [-0.4, -0.2) is 30.5 Å². The zero-order valence-electron chi connectivity index (χ0n) is 16.8. The van der Waals surface area contributed by atoms with Gasteiger partial charge in [0.25, 0.3) is 5.91 Å². The number of para-hydroxylation sites is 1. The molecule has 0 radical (unpaired) electrons. The Labute approximate surface area is 175 Å². The molecule has 1 aliphatic rings. The van der Waals surface area contributed by atoms with Crippen molar-refractivity contribution in [2.75, 3.05) is 18.6 Å². The molecule has 1 N–H and O–H groups in total. The lowest BCUT2D eigenvalue weighted by atomic mass is 10.1. The number of pyridine rings is 1. The van der Waals surface area contributed by atoms with E-state index in [9.17, 15) is 9.59 Å². The van der Waals surface area contributed by atoms with Gasteiger partial charge >= 0.3 is 5.97 Å². The average Bonchev–Trinajstić information content (AvgIpc) is 3.21. The van der Waals surface area contributed by atoms with E-state index in [4.69, 9.17) is 0 Å². The Balaban J connectivity index is 1.32. The largest absolute Gasteiger partial charge is 0.464 e. The highest BCUT2D eigenvalue weighted by Crippen LogP contribution is 2.28. The Morgan fingerprint density at radius 2 is 1.80 bits per heavy atom. The van der Waals surface area contributed by atoms with E-state index in [-0.39, 0.29) is 11.6 Å². The maximum atomic E-state index is 12.3. The molecule has 30 heavy (non-hydrogen) atoms. The number of esters is 1. The van der Waals surface area contributed by atoms with Crippen molar-refractivity contribution in [3.8, 4) is 0 Å². The van der Waals surface area contributed by atoms with Gasteiger partial charge in [-0.15, -0.1) is 0 Å². The molecule has 1 aliphatic heterocycles. The number of amides is 1. The lowest BCUT2D eigenvalue weighted by Crippen LogP contribution is -2.23. The number of aromatic nitrogens is 1. The number of fused-ring (bicyclic) bond motifs is 1. The Kier molecular flexibility index (Phi) is 5.75. The Bertz CT molecular complexity index is 1050. The van der Waals surface area contributed by atoms with Gasteiger partial charge in [-0.3, -0.25) is 4.79 Å². The molecule has 0 unspecified atom stereocenters. The SMILES string of the molecule is COC(=O)c1ccc(C(=O)NCc2ccc(CN3CCc4ccccc43)cc2)cn1. The van der Waals surface area contributed by atoms with Crippen LogP contribution in [0.15, 0.2) is 66.9 Å². The van der Waals surface area contributed by atoms with Crippen LogP contribution in [0, 0.1) is 0 Å². The van der Waals surface area contributed by atoms with Gasteiger partial charge in [-0.1, -0.05) is 42.5 Å². The van der Waals surface area contributed by atoms with Crippen molar-refractivity contribution in [3.05, 3.63) is 94.8 Å². The molecule has 0 spiro atoms. The summed E-state index contributed by atoms with van der Waals surface area (Å²) >= 11 is 0. The van der Waals surface area contributed by atoms with Gasteiger partial charge in [0.2, 0.25) is 0 Å². The first kappa shape index (κ1) is 19.6. The maximum absolute atomic E-state index is 12.3. The number of rotatable bonds is 6. The zero-order chi connectivity index (χ0) is 20.9. The highest BCUT2D eigenvalue weighted by Gasteiger charge is 2.18. The lowest BCUT2D eigenvalue weighted by molar-refractivity contribution is 0.0593. The van der Waals surface area contributed by atoms with Crippen LogP contribution >= 0.6 is 0 Å². The summed E-state index contributed by atoms with van der Waals surface area (Å²) < 4.78 is 4.61. The maximum Gasteiger partial charge on any atom is 0.356 e. The molecular formula is C24H23N3O3. The topological polar surface area (TPSA) is 71.5 Å². The summed E-state index contributed by atoms with van der Waals surface area (Å²) in [5, 5.41) is 2.88. The first-order valence-electron chi connectivity index (χ1n) is 9.87. The second kappa shape index (κ2) is 8.78. The van der Waals surface area contributed by atoms with Crippen molar-refractivity contribution < 1.29 is 14.3 Å². The van der Waals surface area contributed by atoms with Gasteiger partial charge in [-0.2, -0.15) is 0 Å². The monoisotopic (exact) mass is 401 g/mol. The molecule has 2 aromatic carbocycles. The molecule has 6 heteroatoms. The quantitative estimate of drug-likeness (QED) is 0.642. The molecule has 0 bridgehead atoms. The minimum Gasteiger partial charge on any atom is -0.464 e. The van der Waals surface area contributed by atoms with Crippen molar-refractivity contribution in [3.63, 3.8) is 0 Å². The van der Waals surface area contributed by atoms with Crippen LogP contribution in [0.25, 0.3) is 0 Å². The number of nitrogens with zero attached hydrogens (tertiary/aromatic N) is 2. The molecule has 4 rings (SSSR count). The molecular weight excluding hydrogens is 378 g/mol. The fourth-order valence-electron chi connectivity index (χ4n) is 3.59. The van der Waals surface area contributed by atoms with E-state index >= 15 is 0 Å². The number of benzene rings is 2. The first-order chi connectivity index (χ1) is 14.6. The standard InChI is InChI=1S/C24H23N3O3/c1-30-24(29)21-11-10-20(15-25-21)23(28)26-14-17-6-8-18(9-7-17)16-27-13-12-19-4-2-3-5-22(19)27/h2-11,15H,12-14,16H2,1H3,(H,26,28). The lowest BCUT2D eigenvalue weighted by Gasteiger charge is -2.19.